The summed E-state index contributed by atoms with van der Waals surface area (Å²) in [5.74, 6) is 0.695. The number of hydrogen-bond acceptors (Lipinski definition) is 0. The van der Waals surface area contributed by atoms with Crippen LogP contribution in [0.15, 0.2) is 35.9 Å². The largest absolute Gasteiger partial charge is 0.0699 e. The first kappa shape index (κ1) is 10.0. The average molecular weight is 174 g/mol. The van der Waals surface area contributed by atoms with Gasteiger partial charge in [0.25, 0.3) is 0 Å². The Labute approximate surface area is 81.3 Å². The van der Waals surface area contributed by atoms with Crippen LogP contribution in [0.2, 0.25) is 0 Å². The number of hydrogen-bond donors (Lipinski definition) is 0. The standard InChI is InChI=1S/C13H18/c1-4-11(2)12(3)10-13-8-6-5-7-9-13/h5-11H,4H2,1-3H3/b12-10-. The van der Waals surface area contributed by atoms with Gasteiger partial charge in [-0.05, 0) is 24.8 Å². The maximum absolute atomic E-state index is 2.27. The summed E-state index contributed by atoms with van der Waals surface area (Å²) in [6, 6.07) is 10.5. The summed E-state index contributed by atoms with van der Waals surface area (Å²) < 4.78 is 0. The fourth-order valence-corrected chi connectivity index (χ4v) is 1.28. The second kappa shape index (κ2) is 4.86. The molecule has 70 valence electrons. The first-order valence-corrected chi connectivity index (χ1v) is 4.97. The van der Waals surface area contributed by atoms with Crippen molar-refractivity contribution in [1.82, 2.24) is 0 Å². The van der Waals surface area contributed by atoms with Gasteiger partial charge in [0.2, 0.25) is 0 Å². The molecule has 1 unspecified atom stereocenters. The highest BCUT2D eigenvalue weighted by atomic mass is 14.1. The predicted octanol–water partition coefficient (Wildman–Crippen LogP) is 4.14. The fraction of sp³-hybridized carbons (Fsp3) is 0.385. The minimum atomic E-state index is 0.695. The quantitative estimate of drug-likeness (QED) is 0.646. The van der Waals surface area contributed by atoms with Crippen LogP contribution in [0.3, 0.4) is 0 Å². The minimum Gasteiger partial charge on any atom is -0.0699 e. The lowest BCUT2D eigenvalue weighted by molar-refractivity contribution is 0.660. The van der Waals surface area contributed by atoms with E-state index in [2.05, 4.69) is 57.2 Å². The van der Waals surface area contributed by atoms with Crippen molar-refractivity contribution in [2.24, 2.45) is 5.92 Å². The van der Waals surface area contributed by atoms with E-state index < -0.39 is 0 Å². The Morgan fingerprint density at radius 1 is 1.31 bits per heavy atom. The minimum absolute atomic E-state index is 0.695. The molecule has 0 bridgehead atoms. The summed E-state index contributed by atoms with van der Waals surface area (Å²) in [5, 5.41) is 0. The lowest BCUT2D eigenvalue weighted by atomic mass is 9.98. The Morgan fingerprint density at radius 3 is 2.46 bits per heavy atom. The maximum atomic E-state index is 2.27. The molecule has 0 saturated heterocycles. The molecule has 0 aliphatic heterocycles. The van der Waals surface area contributed by atoms with Crippen molar-refractivity contribution < 1.29 is 0 Å². The highest BCUT2D eigenvalue weighted by molar-refractivity contribution is 5.52. The van der Waals surface area contributed by atoms with Gasteiger partial charge in [-0.3, -0.25) is 0 Å². The number of benzene rings is 1. The second-order valence-corrected chi connectivity index (χ2v) is 3.61. The topological polar surface area (TPSA) is 0 Å². The van der Waals surface area contributed by atoms with Gasteiger partial charge in [0.05, 0.1) is 0 Å². The zero-order chi connectivity index (χ0) is 9.68. The molecule has 0 aliphatic rings. The smallest absolute Gasteiger partial charge is 0.0234 e. The monoisotopic (exact) mass is 174 g/mol. The normalized spacial score (nSPS) is 14.2. The zero-order valence-corrected chi connectivity index (χ0v) is 8.75. The summed E-state index contributed by atoms with van der Waals surface area (Å²) in [5.41, 5.74) is 2.77. The Balaban J connectivity index is 2.77. The number of allylic oxidation sites excluding steroid dienone is 1. The molecule has 0 heteroatoms. The van der Waals surface area contributed by atoms with Crippen molar-refractivity contribution in [1.29, 1.82) is 0 Å². The fourth-order valence-electron chi connectivity index (χ4n) is 1.28. The Hall–Kier alpha value is -1.04. The molecular formula is C13H18. The van der Waals surface area contributed by atoms with Gasteiger partial charge in [-0.25, -0.2) is 0 Å². The van der Waals surface area contributed by atoms with Crippen LogP contribution in [0.1, 0.15) is 32.8 Å². The van der Waals surface area contributed by atoms with E-state index in [9.17, 15) is 0 Å². The third-order valence-electron chi connectivity index (χ3n) is 2.58. The van der Waals surface area contributed by atoms with Gasteiger partial charge in [-0.1, -0.05) is 55.8 Å². The molecule has 1 aromatic carbocycles. The molecule has 13 heavy (non-hydrogen) atoms. The Kier molecular flexibility index (Phi) is 3.75. The van der Waals surface area contributed by atoms with Crippen molar-refractivity contribution in [2.75, 3.05) is 0 Å². The Bertz CT molecular complexity index is 269. The number of rotatable bonds is 3. The van der Waals surface area contributed by atoms with Crippen molar-refractivity contribution >= 4 is 6.08 Å². The van der Waals surface area contributed by atoms with E-state index in [-0.39, 0.29) is 0 Å². The molecular weight excluding hydrogens is 156 g/mol. The molecule has 0 saturated carbocycles. The van der Waals surface area contributed by atoms with Crippen LogP contribution in [-0.2, 0) is 0 Å². The molecule has 0 fully saturated rings. The molecule has 1 atom stereocenters. The summed E-state index contributed by atoms with van der Waals surface area (Å²) in [6.45, 7) is 6.71. The van der Waals surface area contributed by atoms with Crippen LogP contribution >= 0.6 is 0 Å². The van der Waals surface area contributed by atoms with E-state index in [1.807, 2.05) is 0 Å². The molecule has 1 rings (SSSR count). The van der Waals surface area contributed by atoms with E-state index in [0.717, 1.165) is 0 Å². The van der Waals surface area contributed by atoms with Crippen LogP contribution in [0, 0.1) is 5.92 Å². The van der Waals surface area contributed by atoms with E-state index in [0.29, 0.717) is 5.92 Å². The molecule has 0 nitrogen and oxygen atoms in total. The summed E-state index contributed by atoms with van der Waals surface area (Å²) in [7, 11) is 0. The van der Waals surface area contributed by atoms with E-state index in [4.69, 9.17) is 0 Å². The predicted molar refractivity (Wildman–Crippen MR) is 59.5 cm³/mol. The average Bonchev–Trinajstić information content (AvgIpc) is 2.18. The van der Waals surface area contributed by atoms with Crippen LogP contribution in [0.4, 0.5) is 0 Å². The van der Waals surface area contributed by atoms with Gasteiger partial charge in [-0.2, -0.15) is 0 Å². The van der Waals surface area contributed by atoms with Gasteiger partial charge in [0, 0.05) is 0 Å². The van der Waals surface area contributed by atoms with Crippen LogP contribution in [0.5, 0.6) is 0 Å². The molecule has 0 radical (unpaired) electrons. The highest BCUT2D eigenvalue weighted by Gasteiger charge is 1.99. The molecule has 1 aromatic rings. The van der Waals surface area contributed by atoms with Crippen molar-refractivity contribution in [3.63, 3.8) is 0 Å². The maximum Gasteiger partial charge on any atom is -0.0234 e. The molecule has 0 aromatic heterocycles. The lowest BCUT2D eigenvalue weighted by Crippen LogP contribution is -1.92. The van der Waals surface area contributed by atoms with Crippen molar-refractivity contribution in [2.45, 2.75) is 27.2 Å². The van der Waals surface area contributed by atoms with Crippen LogP contribution in [-0.4, -0.2) is 0 Å². The van der Waals surface area contributed by atoms with Gasteiger partial charge < -0.3 is 0 Å². The van der Waals surface area contributed by atoms with Crippen molar-refractivity contribution in [3.8, 4) is 0 Å². The van der Waals surface area contributed by atoms with Crippen molar-refractivity contribution in [3.05, 3.63) is 41.5 Å². The molecule has 0 heterocycles. The van der Waals surface area contributed by atoms with Gasteiger partial charge >= 0.3 is 0 Å². The molecule has 0 spiro atoms. The first-order valence-electron chi connectivity index (χ1n) is 4.97. The van der Waals surface area contributed by atoms with Gasteiger partial charge in [-0.15, -0.1) is 0 Å². The Morgan fingerprint density at radius 2 is 1.92 bits per heavy atom. The lowest BCUT2D eigenvalue weighted by Gasteiger charge is -2.08. The van der Waals surface area contributed by atoms with Crippen LogP contribution < -0.4 is 0 Å². The molecule has 0 amide bonds. The third kappa shape index (κ3) is 3.06. The summed E-state index contributed by atoms with van der Waals surface area (Å²) in [6.07, 6.45) is 3.49. The van der Waals surface area contributed by atoms with E-state index >= 15 is 0 Å². The second-order valence-electron chi connectivity index (χ2n) is 3.61. The van der Waals surface area contributed by atoms with Crippen LogP contribution in [0.25, 0.3) is 6.08 Å². The zero-order valence-electron chi connectivity index (χ0n) is 8.75. The molecule has 0 N–H and O–H groups in total. The highest BCUT2D eigenvalue weighted by Crippen LogP contribution is 2.16. The van der Waals surface area contributed by atoms with Gasteiger partial charge in [0.15, 0.2) is 0 Å². The van der Waals surface area contributed by atoms with E-state index in [1.165, 1.54) is 17.6 Å². The van der Waals surface area contributed by atoms with Gasteiger partial charge in [0.1, 0.15) is 0 Å². The first-order chi connectivity index (χ1) is 6.24. The summed E-state index contributed by atoms with van der Waals surface area (Å²) in [4.78, 5) is 0. The van der Waals surface area contributed by atoms with E-state index in [1.54, 1.807) is 0 Å². The third-order valence-corrected chi connectivity index (χ3v) is 2.58. The molecule has 0 aliphatic carbocycles. The summed E-state index contributed by atoms with van der Waals surface area (Å²) >= 11 is 0. The SMILES string of the molecule is CCC(C)/C(C)=C\c1ccccc1.